The minimum Gasteiger partial charge on any atom is -0.380 e. The second kappa shape index (κ2) is 10.8. The van der Waals surface area contributed by atoms with Crippen molar-refractivity contribution in [2.75, 3.05) is 45.6 Å². The van der Waals surface area contributed by atoms with Crippen molar-refractivity contribution in [1.29, 1.82) is 0 Å². The molecule has 3 rings (SSSR count). The molecule has 0 radical (unpaired) electrons. The van der Waals surface area contributed by atoms with Gasteiger partial charge in [-0.25, -0.2) is 0 Å². The lowest BCUT2D eigenvalue weighted by Gasteiger charge is -2.48. The molecule has 0 aliphatic carbocycles. The first-order chi connectivity index (χ1) is 16.1. The number of allylic oxidation sites excluding steroid dienone is 3. The largest absolute Gasteiger partial charge is 0.380 e. The molecule has 6 nitrogen and oxygen atoms in total. The highest BCUT2D eigenvalue weighted by molar-refractivity contribution is 6.34. The molecule has 7 heteroatoms. The minimum atomic E-state index is -0.609. The standard InChI is InChI=1S/C27H37ClN4O2/c1-7-9-19(8-2)27(3,4)26(34)31-14-12-22(13-15-31)32-17-21(18-32)29-20-10-11-23(24(28)16-20)25(33)30(5)6/h7-11,16,21-22,29H,1-2,12-15,17-18H2,3-6H3/b19-9+. The fraction of sp³-hybridized carbons (Fsp3) is 0.481. The number of halogens is 1. The lowest BCUT2D eigenvalue weighted by molar-refractivity contribution is -0.140. The first kappa shape index (κ1) is 26.0. The van der Waals surface area contributed by atoms with Gasteiger partial charge in [-0.05, 0) is 50.5 Å². The van der Waals surface area contributed by atoms with Crippen molar-refractivity contribution in [3.8, 4) is 0 Å². The van der Waals surface area contributed by atoms with Gasteiger partial charge < -0.3 is 15.1 Å². The van der Waals surface area contributed by atoms with Crippen LogP contribution in [0.1, 0.15) is 37.0 Å². The topological polar surface area (TPSA) is 55.9 Å². The van der Waals surface area contributed by atoms with E-state index < -0.39 is 5.41 Å². The molecule has 1 aromatic rings. The number of hydrogen-bond donors (Lipinski definition) is 1. The van der Waals surface area contributed by atoms with Crippen LogP contribution in [0.5, 0.6) is 0 Å². The van der Waals surface area contributed by atoms with Crippen molar-refractivity contribution in [3.05, 3.63) is 65.7 Å². The summed E-state index contributed by atoms with van der Waals surface area (Å²) in [7, 11) is 3.43. The van der Waals surface area contributed by atoms with Crippen LogP contribution >= 0.6 is 11.6 Å². The number of anilines is 1. The SMILES string of the molecule is C=C/C=C(\C=C)C(C)(C)C(=O)N1CCC(N2CC(Nc3ccc(C(=O)N(C)C)c(Cl)c3)C2)CC1. The van der Waals surface area contributed by atoms with Crippen molar-refractivity contribution in [3.63, 3.8) is 0 Å². The molecule has 0 saturated carbocycles. The van der Waals surface area contributed by atoms with Crippen LogP contribution in [0.3, 0.4) is 0 Å². The third kappa shape index (κ3) is 5.56. The van der Waals surface area contributed by atoms with Gasteiger partial charge in [0.05, 0.1) is 22.0 Å². The molecule has 0 spiro atoms. The zero-order chi connectivity index (χ0) is 25.0. The summed E-state index contributed by atoms with van der Waals surface area (Å²) < 4.78 is 0. The van der Waals surface area contributed by atoms with E-state index in [1.165, 1.54) is 4.90 Å². The van der Waals surface area contributed by atoms with Crippen molar-refractivity contribution >= 4 is 29.1 Å². The van der Waals surface area contributed by atoms with Crippen LogP contribution in [0.4, 0.5) is 5.69 Å². The highest BCUT2D eigenvalue weighted by Crippen LogP contribution is 2.32. The predicted molar refractivity (Wildman–Crippen MR) is 140 cm³/mol. The van der Waals surface area contributed by atoms with E-state index in [9.17, 15) is 9.59 Å². The number of benzene rings is 1. The molecule has 1 aromatic carbocycles. The molecule has 184 valence electrons. The molecule has 0 atom stereocenters. The van der Waals surface area contributed by atoms with E-state index in [4.69, 9.17) is 11.6 Å². The Morgan fingerprint density at radius 2 is 1.82 bits per heavy atom. The van der Waals surface area contributed by atoms with Gasteiger partial charge >= 0.3 is 0 Å². The second-order valence-electron chi connectivity index (χ2n) is 9.90. The summed E-state index contributed by atoms with van der Waals surface area (Å²) in [6.07, 6.45) is 7.29. The third-order valence-corrected chi connectivity index (χ3v) is 7.24. The Bertz CT molecular complexity index is 971. The number of nitrogens with zero attached hydrogens (tertiary/aromatic N) is 3. The lowest BCUT2D eigenvalue weighted by atomic mass is 9.81. The average Bonchev–Trinajstić information content (AvgIpc) is 2.78. The first-order valence-corrected chi connectivity index (χ1v) is 12.2. The summed E-state index contributed by atoms with van der Waals surface area (Å²) >= 11 is 6.34. The van der Waals surface area contributed by atoms with Crippen molar-refractivity contribution in [2.24, 2.45) is 5.41 Å². The van der Waals surface area contributed by atoms with Gasteiger partial charge in [0.2, 0.25) is 5.91 Å². The predicted octanol–water partition coefficient (Wildman–Crippen LogP) is 4.45. The summed E-state index contributed by atoms with van der Waals surface area (Å²) in [5, 5.41) is 3.98. The molecule has 0 bridgehead atoms. The summed E-state index contributed by atoms with van der Waals surface area (Å²) in [4.78, 5) is 31.3. The smallest absolute Gasteiger partial charge is 0.254 e. The number of carbonyl (C=O) groups is 2. The van der Waals surface area contributed by atoms with Crippen LogP contribution in [-0.4, -0.2) is 78.9 Å². The number of piperidine rings is 1. The summed E-state index contributed by atoms with van der Waals surface area (Å²) in [5.74, 6) is 0.0483. The Labute approximate surface area is 208 Å². The van der Waals surface area contributed by atoms with Crippen LogP contribution in [-0.2, 0) is 4.79 Å². The maximum absolute atomic E-state index is 13.2. The monoisotopic (exact) mass is 484 g/mol. The van der Waals surface area contributed by atoms with Gasteiger partial charge in [0.25, 0.3) is 5.91 Å². The molecular weight excluding hydrogens is 448 g/mol. The van der Waals surface area contributed by atoms with E-state index in [0.717, 1.165) is 50.3 Å². The summed E-state index contributed by atoms with van der Waals surface area (Å²) in [6.45, 7) is 15.0. The molecule has 2 heterocycles. The van der Waals surface area contributed by atoms with Gasteiger partial charge in [-0.15, -0.1) is 0 Å². The van der Waals surface area contributed by atoms with Crippen molar-refractivity contribution in [1.82, 2.24) is 14.7 Å². The molecule has 0 aromatic heterocycles. The maximum atomic E-state index is 13.2. The van der Waals surface area contributed by atoms with Crippen LogP contribution in [0, 0.1) is 5.41 Å². The molecule has 1 N–H and O–H groups in total. The van der Waals surface area contributed by atoms with Crippen molar-refractivity contribution < 1.29 is 9.59 Å². The quantitative estimate of drug-likeness (QED) is 0.554. The Morgan fingerprint density at radius 1 is 1.18 bits per heavy atom. The maximum Gasteiger partial charge on any atom is 0.254 e. The second-order valence-corrected chi connectivity index (χ2v) is 10.3. The van der Waals surface area contributed by atoms with E-state index in [1.807, 2.05) is 37.0 Å². The lowest BCUT2D eigenvalue weighted by Crippen LogP contribution is -2.61. The Kier molecular flexibility index (Phi) is 8.26. The number of likely N-dealkylation sites (tertiary alicyclic amines) is 2. The molecule has 2 saturated heterocycles. The highest BCUT2D eigenvalue weighted by Gasteiger charge is 2.39. The van der Waals surface area contributed by atoms with Crippen molar-refractivity contribution in [2.45, 2.75) is 38.8 Å². The van der Waals surface area contributed by atoms with E-state index in [2.05, 4.69) is 23.4 Å². The van der Waals surface area contributed by atoms with Gasteiger partial charge in [-0.2, -0.15) is 0 Å². The van der Waals surface area contributed by atoms with Gasteiger partial charge in [0, 0.05) is 52.0 Å². The van der Waals surface area contributed by atoms with E-state index >= 15 is 0 Å². The van der Waals surface area contributed by atoms with Gasteiger partial charge in [-0.3, -0.25) is 14.5 Å². The third-order valence-electron chi connectivity index (χ3n) is 6.93. The molecule has 2 fully saturated rings. The Hall–Kier alpha value is -2.57. The van der Waals surface area contributed by atoms with E-state index in [0.29, 0.717) is 22.7 Å². The number of hydrogen-bond acceptors (Lipinski definition) is 4. The minimum absolute atomic E-state index is 0.1000. The molecular formula is C27H37ClN4O2. The van der Waals surface area contributed by atoms with Crippen LogP contribution in [0.15, 0.2) is 55.2 Å². The average molecular weight is 485 g/mol. The van der Waals surface area contributed by atoms with Gasteiger partial charge in [0.15, 0.2) is 0 Å². The van der Waals surface area contributed by atoms with Gasteiger partial charge in [0.1, 0.15) is 0 Å². The van der Waals surface area contributed by atoms with E-state index in [-0.39, 0.29) is 11.8 Å². The summed E-state index contributed by atoms with van der Waals surface area (Å²) in [5.41, 5.74) is 1.73. The summed E-state index contributed by atoms with van der Waals surface area (Å²) in [6, 6.07) is 6.36. The fourth-order valence-corrected chi connectivity index (χ4v) is 5.03. The molecule has 2 aliphatic heterocycles. The highest BCUT2D eigenvalue weighted by atomic mass is 35.5. The fourth-order valence-electron chi connectivity index (χ4n) is 4.77. The Morgan fingerprint density at radius 3 is 2.35 bits per heavy atom. The number of amides is 2. The normalized spacial score (nSPS) is 18.3. The molecule has 2 amide bonds. The zero-order valence-corrected chi connectivity index (χ0v) is 21.6. The first-order valence-electron chi connectivity index (χ1n) is 11.8. The van der Waals surface area contributed by atoms with Crippen LogP contribution in [0.2, 0.25) is 5.02 Å². The van der Waals surface area contributed by atoms with Crippen LogP contribution < -0.4 is 5.32 Å². The van der Waals surface area contributed by atoms with E-state index in [1.54, 1.807) is 32.3 Å². The zero-order valence-electron chi connectivity index (χ0n) is 20.8. The number of rotatable bonds is 8. The molecule has 0 unspecified atom stereocenters. The Balaban J connectivity index is 1.48. The van der Waals surface area contributed by atoms with Crippen LogP contribution in [0.25, 0.3) is 0 Å². The molecule has 2 aliphatic rings. The number of carbonyl (C=O) groups excluding carboxylic acids is 2. The van der Waals surface area contributed by atoms with Gasteiger partial charge in [-0.1, -0.05) is 43.0 Å². The molecule has 34 heavy (non-hydrogen) atoms. The number of nitrogens with one attached hydrogen (secondary N) is 1.